The third-order valence-electron chi connectivity index (χ3n) is 2.16. The predicted octanol–water partition coefficient (Wildman–Crippen LogP) is 3.78. The summed E-state index contributed by atoms with van der Waals surface area (Å²) < 4.78 is 30.9. The number of esters is 1. The Morgan fingerprint density at radius 3 is 2.72 bits per heavy atom. The van der Waals surface area contributed by atoms with E-state index >= 15 is 0 Å². The maximum Gasteiger partial charge on any atom is 0.310 e. The van der Waals surface area contributed by atoms with Crippen molar-refractivity contribution in [2.45, 2.75) is 25.1 Å². The minimum absolute atomic E-state index is 0.174. The fraction of sp³-hybridized carbons (Fsp3) is 0.455. The zero-order valence-electron chi connectivity index (χ0n) is 9.55. The van der Waals surface area contributed by atoms with Crippen molar-refractivity contribution >= 4 is 37.8 Å². The Labute approximate surface area is 120 Å². The van der Waals surface area contributed by atoms with Crippen molar-refractivity contribution in [2.24, 2.45) is 0 Å². The summed E-state index contributed by atoms with van der Waals surface area (Å²) in [5.41, 5.74) is 0.456. The lowest BCUT2D eigenvalue weighted by Gasteiger charge is -2.11. The molecule has 18 heavy (non-hydrogen) atoms. The van der Waals surface area contributed by atoms with Crippen LogP contribution in [0.3, 0.4) is 0 Å². The lowest BCUT2D eigenvalue weighted by Crippen LogP contribution is -2.11. The molecule has 0 N–H and O–H groups in total. The lowest BCUT2D eigenvalue weighted by molar-refractivity contribution is -0.142. The van der Waals surface area contributed by atoms with Crippen molar-refractivity contribution in [1.82, 2.24) is 4.98 Å². The van der Waals surface area contributed by atoms with Gasteiger partial charge in [0.1, 0.15) is 4.60 Å². The molecule has 1 heterocycles. The number of aromatic nitrogens is 1. The first-order valence-electron chi connectivity index (χ1n) is 5.17. The number of carbonyl (C=O) groups excluding carboxylic acids is 1. The molecule has 0 aromatic carbocycles. The quantitative estimate of drug-likeness (QED) is 0.439. The highest BCUT2D eigenvalue weighted by atomic mass is 79.9. The van der Waals surface area contributed by atoms with Crippen LogP contribution in [-0.4, -0.2) is 17.6 Å². The first-order chi connectivity index (χ1) is 8.49. The molecule has 0 aliphatic carbocycles. The highest BCUT2D eigenvalue weighted by molar-refractivity contribution is 9.10. The Morgan fingerprint density at radius 1 is 1.56 bits per heavy atom. The normalized spacial score (nSPS) is 10.8. The molecule has 100 valence electrons. The molecule has 0 fully saturated rings. The van der Waals surface area contributed by atoms with Gasteiger partial charge in [-0.3, -0.25) is 4.79 Å². The molecule has 0 spiro atoms. The van der Waals surface area contributed by atoms with Gasteiger partial charge in [0, 0.05) is 16.5 Å². The average molecular weight is 387 g/mol. The molecule has 3 nitrogen and oxygen atoms in total. The highest BCUT2D eigenvalue weighted by Crippen LogP contribution is 2.29. The van der Waals surface area contributed by atoms with Crippen LogP contribution in [0.2, 0.25) is 0 Å². The van der Waals surface area contributed by atoms with E-state index in [0.717, 1.165) is 0 Å². The third-order valence-corrected chi connectivity index (χ3v) is 3.39. The van der Waals surface area contributed by atoms with Gasteiger partial charge in [0.05, 0.1) is 18.7 Å². The second kappa shape index (κ2) is 7.13. The van der Waals surface area contributed by atoms with Crippen LogP contribution in [0, 0.1) is 0 Å². The molecular weight excluding hydrogens is 376 g/mol. The fourth-order valence-electron chi connectivity index (χ4n) is 1.41. The van der Waals surface area contributed by atoms with E-state index in [1.54, 1.807) is 6.92 Å². The van der Waals surface area contributed by atoms with Crippen molar-refractivity contribution in [3.8, 4) is 0 Å². The lowest BCUT2D eigenvalue weighted by atomic mass is 10.1. The summed E-state index contributed by atoms with van der Waals surface area (Å²) in [6.07, 6.45) is -2.88. The van der Waals surface area contributed by atoms with Crippen molar-refractivity contribution in [1.29, 1.82) is 0 Å². The summed E-state index contributed by atoms with van der Waals surface area (Å²) >= 11 is 6.27. The van der Waals surface area contributed by atoms with Crippen LogP contribution < -0.4 is 0 Å². The van der Waals surface area contributed by atoms with Crippen LogP contribution in [0.1, 0.15) is 30.2 Å². The van der Waals surface area contributed by atoms with E-state index in [0.29, 0.717) is 11.0 Å². The van der Waals surface area contributed by atoms with Crippen molar-refractivity contribution in [3.05, 3.63) is 27.5 Å². The van der Waals surface area contributed by atoms with Crippen molar-refractivity contribution < 1.29 is 18.3 Å². The molecule has 0 saturated carbocycles. The SMILES string of the molecule is CCOC(=O)Cc1c(C(F)F)cc(CBr)nc1Br. The average Bonchev–Trinajstić information content (AvgIpc) is 2.31. The number of halogens is 4. The second-order valence-electron chi connectivity index (χ2n) is 3.39. The van der Waals surface area contributed by atoms with Crippen molar-refractivity contribution in [2.75, 3.05) is 6.61 Å². The number of carbonyl (C=O) groups is 1. The molecule has 0 aliphatic heterocycles. The third kappa shape index (κ3) is 3.98. The van der Waals surface area contributed by atoms with Gasteiger partial charge in [-0.15, -0.1) is 0 Å². The number of hydrogen-bond donors (Lipinski definition) is 0. The summed E-state index contributed by atoms with van der Waals surface area (Å²) in [7, 11) is 0. The highest BCUT2D eigenvalue weighted by Gasteiger charge is 2.20. The van der Waals surface area contributed by atoms with E-state index in [9.17, 15) is 13.6 Å². The molecule has 0 atom stereocenters. The molecular formula is C11H11Br2F2NO2. The zero-order chi connectivity index (χ0) is 13.7. The van der Waals surface area contributed by atoms with E-state index in [1.165, 1.54) is 6.07 Å². The molecule has 0 bridgehead atoms. The Bertz CT molecular complexity index is 441. The van der Waals surface area contributed by atoms with Crippen LogP contribution in [-0.2, 0) is 21.3 Å². The molecule has 1 rings (SSSR count). The van der Waals surface area contributed by atoms with Crippen LogP contribution in [0.5, 0.6) is 0 Å². The van der Waals surface area contributed by atoms with Gasteiger partial charge in [0.15, 0.2) is 0 Å². The zero-order valence-corrected chi connectivity index (χ0v) is 12.7. The van der Waals surface area contributed by atoms with Gasteiger partial charge >= 0.3 is 5.97 Å². The molecule has 0 saturated heterocycles. The first kappa shape index (κ1) is 15.5. The van der Waals surface area contributed by atoms with E-state index in [-0.39, 0.29) is 28.8 Å². The summed E-state index contributed by atoms with van der Waals surface area (Å²) in [6, 6.07) is 1.29. The smallest absolute Gasteiger partial charge is 0.310 e. The number of hydrogen-bond acceptors (Lipinski definition) is 3. The van der Waals surface area contributed by atoms with Gasteiger partial charge in [0.25, 0.3) is 6.43 Å². The van der Waals surface area contributed by atoms with Gasteiger partial charge in [-0.05, 0) is 28.9 Å². The van der Waals surface area contributed by atoms with Crippen LogP contribution in [0.4, 0.5) is 8.78 Å². The Kier molecular flexibility index (Phi) is 6.14. The molecule has 1 aromatic rings. The number of pyridine rings is 1. The maximum absolute atomic E-state index is 12.9. The van der Waals surface area contributed by atoms with Crippen LogP contribution in [0.15, 0.2) is 10.7 Å². The summed E-state index contributed by atoms with van der Waals surface area (Å²) in [5, 5.41) is 0.366. The van der Waals surface area contributed by atoms with Crippen LogP contribution >= 0.6 is 31.9 Å². The Balaban J connectivity index is 3.12. The number of alkyl halides is 3. The predicted molar refractivity (Wildman–Crippen MR) is 69.9 cm³/mol. The van der Waals surface area contributed by atoms with Gasteiger partial charge < -0.3 is 4.74 Å². The monoisotopic (exact) mass is 385 g/mol. The first-order valence-corrected chi connectivity index (χ1v) is 7.09. The number of rotatable bonds is 5. The fourth-order valence-corrected chi connectivity index (χ4v) is 2.29. The van der Waals surface area contributed by atoms with Gasteiger partial charge in [-0.2, -0.15) is 0 Å². The van der Waals surface area contributed by atoms with E-state index in [4.69, 9.17) is 4.74 Å². The Hall–Kier alpha value is -0.560. The van der Waals surface area contributed by atoms with Gasteiger partial charge in [-0.1, -0.05) is 15.9 Å². The van der Waals surface area contributed by atoms with E-state index in [2.05, 4.69) is 36.8 Å². The molecule has 0 unspecified atom stereocenters. The molecule has 1 aromatic heterocycles. The van der Waals surface area contributed by atoms with E-state index < -0.39 is 12.4 Å². The minimum atomic E-state index is -2.66. The maximum atomic E-state index is 12.9. The standard InChI is InChI=1S/C11H11Br2F2NO2/c1-2-18-9(17)4-7-8(11(14)15)3-6(5-12)16-10(7)13/h3,11H,2,4-5H2,1H3. The number of nitrogens with zero attached hydrogens (tertiary/aromatic N) is 1. The van der Waals surface area contributed by atoms with Crippen molar-refractivity contribution in [3.63, 3.8) is 0 Å². The topological polar surface area (TPSA) is 39.2 Å². The van der Waals surface area contributed by atoms with E-state index in [1.807, 2.05) is 0 Å². The number of ether oxygens (including phenoxy) is 1. The Morgan fingerprint density at radius 2 is 2.22 bits per heavy atom. The van der Waals surface area contributed by atoms with Gasteiger partial charge in [0.2, 0.25) is 0 Å². The summed E-state index contributed by atoms with van der Waals surface area (Å²) in [4.78, 5) is 15.4. The summed E-state index contributed by atoms with van der Waals surface area (Å²) in [6.45, 7) is 1.88. The van der Waals surface area contributed by atoms with Crippen LogP contribution in [0.25, 0.3) is 0 Å². The largest absolute Gasteiger partial charge is 0.466 e. The molecule has 0 aliphatic rings. The second-order valence-corrected chi connectivity index (χ2v) is 4.70. The van der Waals surface area contributed by atoms with Gasteiger partial charge in [-0.25, -0.2) is 13.8 Å². The molecule has 0 amide bonds. The molecule has 0 radical (unpaired) electrons. The summed E-state index contributed by atoms with van der Waals surface area (Å²) in [5.74, 6) is -0.548. The minimum Gasteiger partial charge on any atom is -0.466 e. The molecule has 7 heteroatoms.